The van der Waals surface area contributed by atoms with E-state index in [1.807, 2.05) is 32.0 Å². The van der Waals surface area contributed by atoms with E-state index in [-0.39, 0.29) is 12.1 Å². The third-order valence-electron chi connectivity index (χ3n) is 2.92. The molecule has 4 heteroatoms. The zero-order valence-corrected chi connectivity index (χ0v) is 10.2. The molecule has 0 aromatic heterocycles. The van der Waals surface area contributed by atoms with Crippen LogP contribution >= 0.6 is 0 Å². The third-order valence-corrected chi connectivity index (χ3v) is 2.92. The fourth-order valence-electron chi connectivity index (χ4n) is 1.99. The average molecular weight is 234 g/mol. The first-order valence-electron chi connectivity index (χ1n) is 5.91. The summed E-state index contributed by atoms with van der Waals surface area (Å²) in [6.45, 7) is 5.73. The normalized spacial score (nSPS) is 19.1. The number of amides is 1. The van der Waals surface area contributed by atoms with Crippen LogP contribution < -0.4 is 15.4 Å². The summed E-state index contributed by atoms with van der Waals surface area (Å²) in [6.07, 6.45) is 0.591. The van der Waals surface area contributed by atoms with Crippen molar-refractivity contribution in [1.29, 1.82) is 0 Å². The van der Waals surface area contributed by atoms with Crippen molar-refractivity contribution in [3.05, 3.63) is 29.3 Å². The van der Waals surface area contributed by atoms with Crippen molar-refractivity contribution < 1.29 is 9.53 Å². The van der Waals surface area contributed by atoms with E-state index in [0.29, 0.717) is 5.75 Å². The number of nitrogens with one attached hydrogen (secondary N) is 2. The Balaban J connectivity index is 1.93. The van der Waals surface area contributed by atoms with Gasteiger partial charge in [0.2, 0.25) is 0 Å². The summed E-state index contributed by atoms with van der Waals surface area (Å²) in [5.74, 6) is 0.624. The molecule has 0 bridgehead atoms. The zero-order chi connectivity index (χ0) is 12.3. The van der Waals surface area contributed by atoms with E-state index in [1.54, 1.807) is 0 Å². The van der Waals surface area contributed by atoms with Crippen LogP contribution in [-0.4, -0.2) is 25.2 Å². The van der Waals surface area contributed by atoms with Crippen molar-refractivity contribution in [2.24, 2.45) is 0 Å². The number of rotatable bonds is 2. The Morgan fingerprint density at radius 1 is 1.47 bits per heavy atom. The quantitative estimate of drug-likeness (QED) is 0.819. The molecule has 1 amide bonds. The van der Waals surface area contributed by atoms with Crippen molar-refractivity contribution >= 4 is 6.09 Å². The number of hydrogen-bond acceptors (Lipinski definition) is 3. The molecule has 1 unspecified atom stereocenters. The molecule has 2 rings (SSSR count). The second-order valence-electron chi connectivity index (χ2n) is 4.49. The lowest BCUT2D eigenvalue weighted by molar-refractivity contribution is 0.196. The summed E-state index contributed by atoms with van der Waals surface area (Å²) in [5.41, 5.74) is 2.14. The first-order chi connectivity index (χ1) is 8.15. The van der Waals surface area contributed by atoms with E-state index < -0.39 is 0 Å². The molecular weight excluding hydrogens is 216 g/mol. The molecule has 0 radical (unpaired) electrons. The van der Waals surface area contributed by atoms with Crippen LogP contribution in [-0.2, 0) is 0 Å². The van der Waals surface area contributed by atoms with Gasteiger partial charge in [-0.2, -0.15) is 0 Å². The zero-order valence-electron chi connectivity index (χ0n) is 10.2. The van der Waals surface area contributed by atoms with Crippen LogP contribution in [0.25, 0.3) is 0 Å². The molecule has 1 aromatic carbocycles. The lowest BCUT2D eigenvalue weighted by Gasteiger charge is -2.12. The third kappa shape index (κ3) is 3.20. The molecule has 1 saturated heterocycles. The lowest BCUT2D eigenvalue weighted by atomic mass is 10.1. The molecule has 1 aliphatic heterocycles. The van der Waals surface area contributed by atoms with E-state index in [9.17, 15) is 4.79 Å². The minimum atomic E-state index is -0.370. The molecule has 0 aliphatic carbocycles. The number of carbonyl (C=O) groups is 1. The highest BCUT2D eigenvalue weighted by Gasteiger charge is 2.17. The minimum absolute atomic E-state index is 0.188. The van der Waals surface area contributed by atoms with Crippen LogP contribution in [0.1, 0.15) is 17.5 Å². The Labute approximate surface area is 101 Å². The van der Waals surface area contributed by atoms with Gasteiger partial charge in [0.05, 0.1) is 0 Å². The highest BCUT2D eigenvalue weighted by molar-refractivity contribution is 5.71. The van der Waals surface area contributed by atoms with E-state index in [4.69, 9.17) is 4.74 Å². The maximum Gasteiger partial charge on any atom is 0.412 e. The van der Waals surface area contributed by atoms with Crippen LogP contribution in [0.2, 0.25) is 0 Å². The van der Waals surface area contributed by atoms with Crippen LogP contribution in [0, 0.1) is 13.8 Å². The van der Waals surface area contributed by atoms with Crippen LogP contribution in [0.15, 0.2) is 18.2 Å². The van der Waals surface area contributed by atoms with Gasteiger partial charge in [-0.3, -0.25) is 0 Å². The number of benzene rings is 1. The molecule has 1 fully saturated rings. The van der Waals surface area contributed by atoms with Gasteiger partial charge in [-0.1, -0.05) is 17.7 Å². The highest BCUT2D eigenvalue weighted by atomic mass is 16.6. The molecule has 2 N–H and O–H groups in total. The van der Waals surface area contributed by atoms with Gasteiger partial charge in [-0.05, 0) is 38.4 Å². The Hall–Kier alpha value is -1.55. The highest BCUT2D eigenvalue weighted by Crippen LogP contribution is 2.18. The van der Waals surface area contributed by atoms with Gasteiger partial charge in [0.15, 0.2) is 0 Å². The fourth-order valence-corrected chi connectivity index (χ4v) is 1.99. The molecule has 17 heavy (non-hydrogen) atoms. The summed E-state index contributed by atoms with van der Waals surface area (Å²) >= 11 is 0. The Kier molecular flexibility index (Phi) is 3.64. The molecule has 1 atom stereocenters. The first kappa shape index (κ1) is 11.9. The standard InChI is InChI=1S/C13H18N2O2/c1-9-3-4-12(10(2)7-9)17-13(16)15-11-5-6-14-8-11/h3-4,7,11,14H,5-6,8H2,1-2H3,(H,15,16). The predicted molar refractivity (Wildman–Crippen MR) is 66.4 cm³/mol. The lowest BCUT2D eigenvalue weighted by Crippen LogP contribution is -2.38. The topological polar surface area (TPSA) is 50.4 Å². The maximum absolute atomic E-state index is 11.6. The number of ether oxygens (including phenoxy) is 1. The van der Waals surface area contributed by atoms with Gasteiger partial charge in [-0.15, -0.1) is 0 Å². The van der Waals surface area contributed by atoms with E-state index in [0.717, 1.165) is 30.6 Å². The molecular formula is C13H18N2O2. The maximum atomic E-state index is 11.6. The van der Waals surface area contributed by atoms with Crippen molar-refractivity contribution in [3.8, 4) is 5.75 Å². The summed E-state index contributed by atoms with van der Waals surface area (Å²) in [7, 11) is 0. The van der Waals surface area contributed by atoms with Gasteiger partial charge in [-0.25, -0.2) is 4.79 Å². The van der Waals surface area contributed by atoms with Crippen molar-refractivity contribution in [3.63, 3.8) is 0 Å². The summed E-state index contributed by atoms with van der Waals surface area (Å²) in [4.78, 5) is 11.6. The summed E-state index contributed by atoms with van der Waals surface area (Å²) in [5, 5.41) is 6.04. The first-order valence-corrected chi connectivity index (χ1v) is 5.91. The largest absolute Gasteiger partial charge is 0.412 e. The fraction of sp³-hybridized carbons (Fsp3) is 0.462. The van der Waals surface area contributed by atoms with Gasteiger partial charge in [0, 0.05) is 12.6 Å². The van der Waals surface area contributed by atoms with Gasteiger partial charge >= 0.3 is 6.09 Å². The minimum Gasteiger partial charge on any atom is -0.410 e. The van der Waals surface area contributed by atoms with Crippen molar-refractivity contribution in [2.45, 2.75) is 26.3 Å². The smallest absolute Gasteiger partial charge is 0.410 e. The number of carbonyl (C=O) groups excluding carboxylic acids is 1. The molecule has 4 nitrogen and oxygen atoms in total. The summed E-state index contributed by atoms with van der Waals surface area (Å²) in [6, 6.07) is 5.96. The molecule has 92 valence electrons. The Bertz CT molecular complexity index is 412. The van der Waals surface area contributed by atoms with E-state index >= 15 is 0 Å². The van der Waals surface area contributed by atoms with Crippen LogP contribution in [0.4, 0.5) is 4.79 Å². The van der Waals surface area contributed by atoms with Crippen molar-refractivity contribution in [1.82, 2.24) is 10.6 Å². The van der Waals surface area contributed by atoms with E-state index in [1.165, 1.54) is 0 Å². The van der Waals surface area contributed by atoms with Crippen LogP contribution in [0.5, 0.6) is 5.75 Å². The summed E-state index contributed by atoms with van der Waals surface area (Å²) < 4.78 is 5.28. The Morgan fingerprint density at radius 2 is 2.29 bits per heavy atom. The molecule has 0 saturated carbocycles. The Morgan fingerprint density at radius 3 is 2.94 bits per heavy atom. The van der Waals surface area contributed by atoms with E-state index in [2.05, 4.69) is 10.6 Å². The predicted octanol–water partition coefficient (Wildman–Crippen LogP) is 1.75. The van der Waals surface area contributed by atoms with Crippen LogP contribution in [0.3, 0.4) is 0 Å². The second-order valence-corrected chi connectivity index (χ2v) is 4.49. The molecule has 1 aromatic rings. The number of hydrogen-bond donors (Lipinski definition) is 2. The molecule has 1 aliphatic rings. The monoisotopic (exact) mass is 234 g/mol. The molecule has 1 heterocycles. The average Bonchev–Trinajstić information content (AvgIpc) is 2.75. The molecule has 0 spiro atoms. The van der Waals surface area contributed by atoms with Gasteiger partial charge in [0.1, 0.15) is 5.75 Å². The van der Waals surface area contributed by atoms with Gasteiger partial charge in [0.25, 0.3) is 0 Å². The van der Waals surface area contributed by atoms with Crippen molar-refractivity contribution in [2.75, 3.05) is 13.1 Å². The second kappa shape index (κ2) is 5.19. The SMILES string of the molecule is Cc1ccc(OC(=O)NC2CCNC2)c(C)c1. The number of aryl methyl sites for hydroxylation is 2. The van der Waals surface area contributed by atoms with Gasteiger partial charge < -0.3 is 15.4 Å².